The van der Waals surface area contributed by atoms with Crippen LogP contribution in [0.5, 0.6) is 0 Å². The molecule has 1 saturated carbocycles. The Hall–Kier alpha value is -4.94. The van der Waals surface area contributed by atoms with Gasteiger partial charge in [-0.1, -0.05) is 176 Å². The lowest BCUT2D eigenvalue weighted by atomic mass is 9.53. The smallest absolute Gasteiger partial charge is 0.00242 e. The van der Waals surface area contributed by atoms with Crippen molar-refractivity contribution < 1.29 is 0 Å². The summed E-state index contributed by atoms with van der Waals surface area (Å²) in [5.41, 5.74) is 8.34. The van der Waals surface area contributed by atoms with Gasteiger partial charge in [0.1, 0.15) is 0 Å². The van der Waals surface area contributed by atoms with E-state index in [0.717, 1.165) is 12.8 Å². The van der Waals surface area contributed by atoms with E-state index >= 15 is 0 Å². The minimum atomic E-state index is 0.463. The fraction of sp³-hybridized carbons (Fsp3) is 0.174. The van der Waals surface area contributed by atoms with Crippen molar-refractivity contribution in [1.82, 2.24) is 0 Å². The Bertz CT molecular complexity index is 2060. The largest absolute Gasteiger partial charge is 0.0839 e. The zero-order chi connectivity index (χ0) is 30.5. The lowest BCUT2D eigenvalue weighted by Crippen LogP contribution is -2.43. The van der Waals surface area contributed by atoms with Crippen molar-refractivity contribution in [3.8, 4) is 22.3 Å². The summed E-state index contributed by atoms with van der Waals surface area (Å²) in [5.74, 6) is 3.13. The zero-order valence-electron chi connectivity index (χ0n) is 26.0. The van der Waals surface area contributed by atoms with Crippen molar-refractivity contribution >= 4 is 21.5 Å². The number of rotatable bonds is 4. The van der Waals surface area contributed by atoms with Crippen LogP contribution in [-0.4, -0.2) is 0 Å². The first kappa shape index (κ1) is 27.4. The number of allylic oxidation sites excluding steroid dienone is 12. The van der Waals surface area contributed by atoms with E-state index in [1.54, 1.807) is 5.57 Å². The van der Waals surface area contributed by atoms with E-state index in [1.165, 1.54) is 49.4 Å². The van der Waals surface area contributed by atoms with Crippen molar-refractivity contribution in [2.24, 2.45) is 29.6 Å². The molecule has 4 aliphatic rings. The number of hydrogen-bond donors (Lipinski definition) is 0. The van der Waals surface area contributed by atoms with Crippen LogP contribution in [0.2, 0.25) is 0 Å². The van der Waals surface area contributed by atoms with Gasteiger partial charge in [-0.05, 0) is 97.7 Å². The Kier molecular flexibility index (Phi) is 6.81. The molecule has 0 heterocycles. The highest BCUT2D eigenvalue weighted by Crippen LogP contribution is 2.57. The summed E-state index contributed by atoms with van der Waals surface area (Å²) in [6.45, 7) is 0. The molecule has 5 aromatic carbocycles. The summed E-state index contributed by atoms with van der Waals surface area (Å²) in [6, 6.07) is 38.5. The van der Waals surface area contributed by atoms with Crippen molar-refractivity contribution in [3.63, 3.8) is 0 Å². The van der Waals surface area contributed by atoms with E-state index in [-0.39, 0.29) is 0 Å². The molecule has 0 aromatic heterocycles. The van der Waals surface area contributed by atoms with Gasteiger partial charge in [0.05, 0.1) is 0 Å². The monoisotopic (exact) mass is 590 g/mol. The highest BCUT2D eigenvalue weighted by atomic mass is 14.5. The molecule has 0 saturated heterocycles. The molecule has 0 N–H and O–H groups in total. The number of fused-ring (bicyclic) bond motifs is 4. The van der Waals surface area contributed by atoms with Gasteiger partial charge >= 0.3 is 0 Å². The van der Waals surface area contributed by atoms with Gasteiger partial charge in [0, 0.05) is 0 Å². The molecule has 46 heavy (non-hydrogen) atoms. The molecule has 6 unspecified atom stereocenters. The van der Waals surface area contributed by atoms with Crippen LogP contribution in [0, 0.1) is 29.6 Å². The average Bonchev–Trinajstić information content (AvgIpc) is 3.13. The quantitative estimate of drug-likeness (QED) is 0.183. The van der Waals surface area contributed by atoms with Gasteiger partial charge in [-0.2, -0.15) is 0 Å². The van der Waals surface area contributed by atoms with Crippen LogP contribution >= 0.6 is 0 Å². The summed E-state index contributed by atoms with van der Waals surface area (Å²) in [6.07, 6.45) is 28.4. The molecule has 222 valence electrons. The molecular formula is C46H38. The lowest BCUT2D eigenvalue weighted by molar-refractivity contribution is 0.170. The molecule has 6 atom stereocenters. The second kappa shape index (κ2) is 11.5. The summed E-state index contributed by atoms with van der Waals surface area (Å²) in [4.78, 5) is 0. The maximum atomic E-state index is 2.52. The maximum Gasteiger partial charge on any atom is -0.00242 e. The first-order valence-corrected chi connectivity index (χ1v) is 17.0. The van der Waals surface area contributed by atoms with Crippen LogP contribution < -0.4 is 0 Å². The Labute approximate surface area is 272 Å². The fourth-order valence-corrected chi connectivity index (χ4v) is 9.31. The average molecular weight is 591 g/mol. The SMILES string of the molecule is C1=CCC(C2C3=CC=CCC3C(c3ccc(-c4c5ccccc5c(-c5ccccc5)c5ccccc45)cc3)C3C=CC=CC32)C=C1. The molecule has 1 fully saturated rings. The van der Waals surface area contributed by atoms with Crippen LogP contribution in [0.1, 0.15) is 24.3 Å². The zero-order valence-corrected chi connectivity index (χ0v) is 26.0. The van der Waals surface area contributed by atoms with E-state index in [0.29, 0.717) is 35.5 Å². The first-order chi connectivity index (χ1) is 22.9. The fourth-order valence-electron chi connectivity index (χ4n) is 9.31. The number of hydrogen-bond acceptors (Lipinski definition) is 0. The molecule has 0 heteroatoms. The summed E-state index contributed by atoms with van der Waals surface area (Å²) >= 11 is 0. The van der Waals surface area contributed by atoms with Crippen molar-refractivity contribution in [1.29, 1.82) is 0 Å². The third-order valence-corrected chi connectivity index (χ3v) is 11.2. The molecule has 9 rings (SSSR count). The van der Waals surface area contributed by atoms with Gasteiger partial charge in [0.25, 0.3) is 0 Å². The van der Waals surface area contributed by atoms with Gasteiger partial charge in [-0.3, -0.25) is 0 Å². The molecule has 0 spiro atoms. The molecule has 0 aliphatic heterocycles. The molecule has 0 amide bonds. The van der Waals surface area contributed by atoms with Crippen molar-refractivity contribution in [2.75, 3.05) is 0 Å². The Balaban J connectivity index is 1.16. The highest BCUT2D eigenvalue weighted by Gasteiger charge is 2.48. The van der Waals surface area contributed by atoms with Crippen LogP contribution in [0.4, 0.5) is 0 Å². The van der Waals surface area contributed by atoms with Gasteiger partial charge in [0.2, 0.25) is 0 Å². The number of benzene rings is 5. The van der Waals surface area contributed by atoms with Crippen LogP contribution in [0.3, 0.4) is 0 Å². The normalized spacial score (nSPS) is 26.2. The van der Waals surface area contributed by atoms with E-state index < -0.39 is 0 Å². The maximum absolute atomic E-state index is 2.52. The summed E-state index contributed by atoms with van der Waals surface area (Å²) < 4.78 is 0. The van der Waals surface area contributed by atoms with E-state index in [1.807, 2.05) is 0 Å². The van der Waals surface area contributed by atoms with Gasteiger partial charge in [0.15, 0.2) is 0 Å². The van der Waals surface area contributed by atoms with Gasteiger partial charge < -0.3 is 0 Å². The van der Waals surface area contributed by atoms with Crippen molar-refractivity contribution in [3.05, 3.63) is 181 Å². The predicted molar refractivity (Wildman–Crippen MR) is 196 cm³/mol. The second-order valence-corrected chi connectivity index (χ2v) is 13.5. The molecule has 0 bridgehead atoms. The summed E-state index contributed by atoms with van der Waals surface area (Å²) in [7, 11) is 0. The van der Waals surface area contributed by atoms with Crippen LogP contribution in [-0.2, 0) is 0 Å². The van der Waals surface area contributed by atoms with E-state index in [2.05, 4.69) is 170 Å². The van der Waals surface area contributed by atoms with Crippen molar-refractivity contribution in [2.45, 2.75) is 18.8 Å². The first-order valence-electron chi connectivity index (χ1n) is 17.0. The van der Waals surface area contributed by atoms with Crippen LogP contribution in [0.25, 0.3) is 43.8 Å². The molecule has 0 nitrogen and oxygen atoms in total. The molecule has 4 aliphatic carbocycles. The van der Waals surface area contributed by atoms with Gasteiger partial charge in [-0.25, -0.2) is 0 Å². The Morgan fingerprint density at radius 3 is 1.59 bits per heavy atom. The topological polar surface area (TPSA) is 0 Å². The minimum Gasteiger partial charge on any atom is -0.0839 e. The third-order valence-electron chi connectivity index (χ3n) is 11.2. The standard InChI is InChI=1S/C46H38/c1-3-15-31(16-4-1)43-35-19-7-11-23-39(35)45(40-24-12-8-20-36(40)43)33-27-29-34(30-28-33)46-41-25-13-9-21-37(41)44(32-17-5-2-6-18-32)38-22-10-14-26-42(38)46/h1-17,19-25,27-30,32,37,41-42,44,46H,18,26H2. The van der Waals surface area contributed by atoms with Gasteiger partial charge in [-0.15, -0.1) is 0 Å². The van der Waals surface area contributed by atoms with E-state index in [4.69, 9.17) is 0 Å². The molecule has 5 aromatic rings. The lowest BCUT2D eigenvalue weighted by Gasteiger charge is -2.51. The summed E-state index contributed by atoms with van der Waals surface area (Å²) in [5, 5.41) is 5.24. The molecular weight excluding hydrogens is 553 g/mol. The highest BCUT2D eigenvalue weighted by molar-refractivity contribution is 6.21. The Morgan fingerprint density at radius 2 is 0.978 bits per heavy atom. The minimum absolute atomic E-state index is 0.463. The predicted octanol–water partition coefficient (Wildman–Crippen LogP) is 12.0. The van der Waals surface area contributed by atoms with E-state index in [9.17, 15) is 0 Å². The second-order valence-electron chi connectivity index (χ2n) is 13.5. The third kappa shape index (κ3) is 4.43. The Morgan fingerprint density at radius 1 is 0.435 bits per heavy atom. The van der Waals surface area contributed by atoms with Crippen LogP contribution in [0.15, 0.2) is 176 Å². The molecule has 0 radical (unpaired) electrons.